The molecule has 0 saturated heterocycles. The van der Waals surface area contributed by atoms with Crippen molar-refractivity contribution in [2.45, 2.75) is 0 Å². The Morgan fingerprint density at radius 3 is 0.733 bits per heavy atom. The van der Waals surface area contributed by atoms with Crippen molar-refractivity contribution < 1.29 is 48.9 Å². The molecular formula is C3H7AlO10Si. The standard InChI is InChI=1S/3CH2O2.Al.H4O4Si/c3*2-1-3;;1-5(2,3)4/h3*1H,(H,2,3);;1-4H/q;;;+3;/p-3. The van der Waals surface area contributed by atoms with E-state index in [-0.39, 0.29) is 17.4 Å². The van der Waals surface area contributed by atoms with Crippen LogP contribution in [-0.2, 0) is 14.4 Å². The minimum absolute atomic E-state index is 0. The van der Waals surface area contributed by atoms with Crippen LogP contribution in [0.4, 0.5) is 0 Å². The Kier molecular flexibility index (Phi) is 57.0. The molecule has 0 aromatic heterocycles. The topological polar surface area (TPSA) is 201 Å². The SMILES string of the molecule is O=C[O-].O=C[O-].O=C[O-].O[Si](O)(O)O.[Al+3]. The maximum absolute atomic E-state index is 8.25. The van der Waals surface area contributed by atoms with E-state index in [4.69, 9.17) is 48.9 Å². The fourth-order valence-corrected chi connectivity index (χ4v) is 0. The molecule has 0 amide bonds. The predicted molar refractivity (Wildman–Crippen MR) is 38.6 cm³/mol. The second kappa shape index (κ2) is 29.3. The van der Waals surface area contributed by atoms with Crippen LogP contribution in [0.2, 0.25) is 0 Å². The largest absolute Gasteiger partial charge is 3.00 e. The van der Waals surface area contributed by atoms with Gasteiger partial charge in [-0.15, -0.1) is 0 Å². The zero-order valence-electron chi connectivity index (χ0n) is 7.05. The summed E-state index contributed by atoms with van der Waals surface area (Å²) in [5.74, 6) is 0. The molecule has 0 aromatic rings. The van der Waals surface area contributed by atoms with Crippen molar-refractivity contribution in [2.24, 2.45) is 0 Å². The van der Waals surface area contributed by atoms with Crippen LogP contribution in [-0.4, -0.2) is 65.0 Å². The molecule has 0 unspecified atom stereocenters. The van der Waals surface area contributed by atoms with Gasteiger partial charge >= 0.3 is 26.4 Å². The molecule has 12 heteroatoms. The van der Waals surface area contributed by atoms with Crippen LogP contribution in [0.3, 0.4) is 0 Å². The molecule has 4 N–H and O–H groups in total. The first kappa shape index (κ1) is 29.2. The van der Waals surface area contributed by atoms with Crippen LogP contribution in [0.5, 0.6) is 0 Å². The first-order valence-electron chi connectivity index (χ1n) is 2.31. The van der Waals surface area contributed by atoms with Crippen molar-refractivity contribution in [3.8, 4) is 0 Å². The van der Waals surface area contributed by atoms with Crippen molar-refractivity contribution >= 4 is 45.8 Å². The Balaban J connectivity index is -0.0000000300. The molecule has 0 saturated carbocycles. The Hall–Kier alpha value is -1.00. The van der Waals surface area contributed by atoms with E-state index in [1.165, 1.54) is 0 Å². The van der Waals surface area contributed by atoms with Crippen LogP contribution < -0.4 is 15.3 Å². The van der Waals surface area contributed by atoms with Crippen molar-refractivity contribution in [2.75, 3.05) is 0 Å². The summed E-state index contributed by atoms with van der Waals surface area (Å²) in [4.78, 5) is 54.1. The fourth-order valence-electron chi connectivity index (χ4n) is 0. The van der Waals surface area contributed by atoms with Gasteiger partial charge in [0.1, 0.15) is 0 Å². The van der Waals surface area contributed by atoms with Gasteiger partial charge in [0.25, 0.3) is 0 Å². The third-order valence-electron chi connectivity index (χ3n) is 0. The fraction of sp³-hybridized carbons (Fsp3) is 0. The maximum Gasteiger partial charge on any atom is 3.00 e. The third-order valence-corrected chi connectivity index (χ3v) is 0. The zero-order chi connectivity index (χ0) is 12.6. The molecule has 0 aliphatic rings. The quantitative estimate of drug-likeness (QED) is 0.238. The predicted octanol–water partition coefficient (Wildman–Crippen LogP) is -7.89. The molecule has 0 radical (unpaired) electrons. The average Bonchev–Trinajstić information content (AvgIpc) is 1.86. The van der Waals surface area contributed by atoms with Crippen LogP contribution in [0.15, 0.2) is 0 Å². The smallest absolute Gasteiger partial charge is 0.554 e. The first-order chi connectivity index (χ1) is 6.24. The van der Waals surface area contributed by atoms with Crippen LogP contribution in [0.25, 0.3) is 0 Å². The van der Waals surface area contributed by atoms with E-state index in [0.29, 0.717) is 0 Å². The molecule has 86 valence electrons. The normalized spacial score (nSPS) is 6.40. The molecule has 0 bridgehead atoms. The Labute approximate surface area is 95.3 Å². The zero-order valence-corrected chi connectivity index (χ0v) is 9.20. The summed E-state index contributed by atoms with van der Waals surface area (Å²) in [7, 11) is -4.61. The summed E-state index contributed by atoms with van der Waals surface area (Å²) in [6.45, 7) is -1.50. The van der Waals surface area contributed by atoms with E-state index < -0.39 is 28.5 Å². The van der Waals surface area contributed by atoms with E-state index in [9.17, 15) is 0 Å². The van der Waals surface area contributed by atoms with Crippen molar-refractivity contribution in [3.05, 3.63) is 0 Å². The number of rotatable bonds is 0. The second-order valence-electron chi connectivity index (χ2n) is 0.889. The van der Waals surface area contributed by atoms with Crippen LogP contribution in [0, 0.1) is 0 Å². The number of carbonyl (C=O) groups excluding carboxylic acids is 3. The molecule has 0 aliphatic carbocycles. The third kappa shape index (κ3) is 1570. The summed E-state index contributed by atoms with van der Waals surface area (Å²) in [5, 5.41) is 24.8. The van der Waals surface area contributed by atoms with E-state index in [1.807, 2.05) is 0 Å². The van der Waals surface area contributed by atoms with Gasteiger partial charge in [-0.1, -0.05) is 0 Å². The van der Waals surface area contributed by atoms with Gasteiger partial charge in [-0.25, -0.2) is 0 Å². The summed E-state index contributed by atoms with van der Waals surface area (Å²) >= 11 is 0. The van der Waals surface area contributed by atoms with Crippen molar-refractivity contribution in [1.29, 1.82) is 0 Å². The summed E-state index contributed by atoms with van der Waals surface area (Å²) in [5.41, 5.74) is 0. The van der Waals surface area contributed by atoms with Gasteiger partial charge in [-0.05, 0) is 0 Å². The van der Waals surface area contributed by atoms with E-state index >= 15 is 0 Å². The molecule has 0 aromatic carbocycles. The molecule has 0 fully saturated rings. The molecule has 0 spiro atoms. The van der Waals surface area contributed by atoms with Gasteiger partial charge in [0.2, 0.25) is 0 Å². The molecule has 0 atom stereocenters. The minimum atomic E-state index is -4.61. The number of hydrogen-bond donors (Lipinski definition) is 4. The van der Waals surface area contributed by atoms with Gasteiger partial charge < -0.3 is 48.9 Å². The molecule has 0 rings (SSSR count). The Morgan fingerprint density at radius 1 is 0.733 bits per heavy atom. The van der Waals surface area contributed by atoms with Crippen LogP contribution in [0.1, 0.15) is 0 Å². The number of carbonyl (C=O) groups is 3. The summed E-state index contributed by atoms with van der Waals surface area (Å²) < 4.78 is 0. The molecule has 0 aliphatic heterocycles. The van der Waals surface area contributed by atoms with Crippen molar-refractivity contribution in [1.82, 2.24) is 0 Å². The van der Waals surface area contributed by atoms with E-state index in [1.54, 1.807) is 0 Å². The van der Waals surface area contributed by atoms with Gasteiger partial charge in [0.15, 0.2) is 0 Å². The van der Waals surface area contributed by atoms with Crippen molar-refractivity contribution in [3.63, 3.8) is 0 Å². The van der Waals surface area contributed by atoms with E-state index in [2.05, 4.69) is 0 Å². The van der Waals surface area contributed by atoms with Crippen LogP contribution >= 0.6 is 0 Å². The summed E-state index contributed by atoms with van der Waals surface area (Å²) in [6, 6.07) is 0. The van der Waals surface area contributed by atoms with Gasteiger partial charge in [-0.2, -0.15) is 0 Å². The second-order valence-corrected chi connectivity index (χ2v) is 2.09. The van der Waals surface area contributed by atoms with E-state index in [0.717, 1.165) is 0 Å². The molecule has 15 heavy (non-hydrogen) atoms. The molecular weight excluding hydrogens is 251 g/mol. The Bertz CT molecular complexity index is 102. The van der Waals surface area contributed by atoms with Gasteiger partial charge in [0, 0.05) is 19.4 Å². The maximum atomic E-state index is 8.25. The first-order valence-corrected chi connectivity index (χ1v) is 4.10. The molecule has 0 heterocycles. The monoisotopic (exact) mass is 258 g/mol. The van der Waals surface area contributed by atoms with Gasteiger partial charge in [0.05, 0.1) is 0 Å². The minimum Gasteiger partial charge on any atom is -0.554 e. The van der Waals surface area contributed by atoms with Gasteiger partial charge in [-0.3, -0.25) is 0 Å². The Morgan fingerprint density at radius 2 is 0.733 bits per heavy atom. The number of carboxylic acid groups (broad SMARTS) is 3. The molecule has 10 nitrogen and oxygen atoms in total. The summed E-state index contributed by atoms with van der Waals surface area (Å²) in [6.07, 6.45) is 0. The number of hydrogen-bond acceptors (Lipinski definition) is 10. The average molecular weight is 258 g/mol.